The number of thioether (sulfide) groups is 1. The maximum atomic E-state index is 13.2. The van der Waals surface area contributed by atoms with E-state index in [1.165, 1.54) is 18.8 Å². The summed E-state index contributed by atoms with van der Waals surface area (Å²) < 4.78 is 38.6. The lowest BCUT2D eigenvalue weighted by molar-refractivity contribution is 0.0692. The van der Waals surface area contributed by atoms with E-state index in [1.807, 2.05) is 6.26 Å². The van der Waals surface area contributed by atoms with Crippen LogP contribution in [-0.4, -0.2) is 49.4 Å². The number of benzene rings is 1. The fourth-order valence-electron chi connectivity index (χ4n) is 1.39. The van der Waals surface area contributed by atoms with Crippen molar-refractivity contribution >= 4 is 27.8 Å². The third-order valence-electron chi connectivity index (χ3n) is 2.47. The van der Waals surface area contributed by atoms with Crippen LogP contribution in [0.4, 0.5) is 4.39 Å². The standard InChI is InChI=1S/C11H14FNO4S2/c1-13(5-6-18-2)19(16,17)10-7-8(12)3-4-9(10)11(14)15/h3-4,7H,5-6H2,1-2H3,(H,14,15). The highest BCUT2D eigenvalue weighted by Crippen LogP contribution is 2.21. The Morgan fingerprint density at radius 3 is 2.63 bits per heavy atom. The number of carboxylic acids is 1. The van der Waals surface area contributed by atoms with Gasteiger partial charge in [-0.15, -0.1) is 0 Å². The lowest BCUT2D eigenvalue weighted by atomic mass is 10.2. The molecule has 0 aliphatic rings. The fraction of sp³-hybridized carbons (Fsp3) is 0.364. The van der Waals surface area contributed by atoms with Gasteiger partial charge in [0, 0.05) is 19.3 Å². The second-order valence-electron chi connectivity index (χ2n) is 3.77. The molecule has 0 heterocycles. The largest absolute Gasteiger partial charge is 0.478 e. The average molecular weight is 307 g/mol. The Bertz CT molecular complexity index is 574. The maximum absolute atomic E-state index is 13.2. The Balaban J connectivity index is 3.27. The number of carboxylic acid groups (broad SMARTS) is 1. The Morgan fingerprint density at radius 1 is 1.47 bits per heavy atom. The zero-order chi connectivity index (χ0) is 14.6. The van der Waals surface area contributed by atoms with Crippen LogP contribution in [0.2, 0.25) is 0 Å². The van der Waals surface area contributed by atoms with Crippen molar-refractivity contribution in [1.82, 2.24) is 4.31 Å². The second kappa shape index (κ2) is 6.36. The Kier molecular flexibility index (Phi) is 5.33. The first-order chi connectivity index (χ1) is 8.80. The van der Waals surface area contributed by atoms with Gasteiger partial charge in [-0.25, -0.2) is 21.9 Å². The normalized spacial score (nSPS) is 11.8. The maximum Gasteiger partial charge on any atom is 0.337 e. The lowest BCUT2D eigenvalue weighted by Gasteiger charge is -2.17. The Labute approximate surface area is 115 Å². The Morgan fingerprint density at radius 2 is 2.11 bits per heavy atom. The highest BCUT2D eigenvalue weighted by Gasteiger charge is 2.26. The van der Waals surface area contributed by atoms with E-state index in [0.29, 0.717) is 5.75 Å². The summed E-state index contributed by atoms with van der Waals surface area (Å²) in [6.07, 6.45) is 1.82. The molecule has 5 nitrogen and oxygen atoms in total. The monoisotopic (exact) mass is 307 g/mol. The first-order valence-corrected chi connectivity index (χ1v) is 8.12. The summed E-state index contributed by atoms with van der Waals surface area (Å²) in [6, 6.07) is 2.60. The highest BCUT2D eigenvalue weighted by molar-refractivity contribution is 7.98. The smallest absolute Gasteiger partial charge is 0.337 e. The molecule has 0 fully saturated rings. The van der Waals surface area contributed by atoms with Crippen LogP contribution in [0.1, 0.15) is 10.4 Å². The number of carbonyl (C=O) groups is 1. The van der Waals surface area contributed by atoms with Crippen molar-refractivity contribution in [3.63, 3.8) is 0 Å². The van der Waals surface area contributed by atoms with Gasteiger partial charge in [0.15, 0.2) is 0 Å². The van der Waals surface area contributed by atoms with Gasteiger partial charge in [0.1, 0.15) is 5.82 Å². The molecular weight excluding hydrogens is 293 g/mol. The summed E-state index contributed by atoms with van der Waals surface area (Å²) in [6.45, 7) is 0.221. The topological polar surface area (TPSA) is 74.7 Å². The Hall–Kier alpha value is -1.12. The van der Waals surface area contributed by atoms with Crippen molar-refractivity contribution in [2.45, 2.75) is 4.90 Å². The van der Waals surface area contributed by atoms with Crippen LogP contribution in [0.3, 0.4) is 0 Å². The molecule has 1 rings (SSSR count). The molecule has 0 atom stereocenters. The zero-order valence-corrected chi connectivity index (χ0v) is 12.1. The lowest BCUT2D eigenvalue weighted by Crippen LogP contribution is -2.30. The molecule has 0 saturated carbocycles. The van der Waals surface area contributed by atoms with Crippen molar-refractivity contribution in [2.24, 2.45) is 0 Å². The number of sulfonamides is 1. The van der Waals surface area contributed by atoms with Crippen LogP contribution < -0.4 is 0 Å². The van der Waals surface area contributed by atoms with E-state index >= 15 is 0 Å². The molecule has 0 aliphatic carbocycles. The molecule has 19 heavy (non-hydrogen) atoms. The summed E-state index contributed by atoms with van der Waals surface area (Å²) in [4.78, 5) is 10.5. The third kappa shape index (κ3) is 3.68. The van der Waals surface area contributed by atoms with Gasteiger partial charge in [-0.05, 0) is 24.5 Å². The van der Waals surface area contributed by atoms with Gasteiger partial charge < -0.3 is 5.11 Å². The molecule has 0 unspecified atom stereocenters. The van der Waals surface area contributed by atoms with Gasteiger partial charge in [-0.2, -0.15) is 11.8 Å². The van der Waals surface area contributed by atoms with E-state index in [0.717, 1.165) is 22.5 Å². The van der Waals surface area contributed by atoms with Crippen molar-refractivity contribution in [2.75, 3.05) is 25.6 Å². The summed E-state index contributed by atoms with van der Waals surface area (Å²) in [5.74, 6) is -1.63. The zero-order valence-electron chi connectivity index (χ0n) is 10.5. The SMILES string of the molecule is CSCCN(C)S(=O)(=O)c1cc(F)ccc1C(=O)O. The molecule has 8 heteroatoms. The van der Waals surface area contributed by atoms with Gasteiger partial charge >= 0.3 is 5.97 Å². The molecule has 0 bridgehead atoms. The number of rotatable bonds is 6. The van der Waals surface area contributed by atoms with E-state index in [1.54, 1.807) is 0 Å². The summed E-state index contributed by atoms with van der Waals surface area (Å²) in [7, 11) is -2.67. The van der Waals surface area contributed by atoms with Gasteiger partial charge in [0.05, 0.1) is 10.5 Å². The summed E-state index contributed by atoms with van der Waals surface area (Å²) in [5.41, 5.74) is -0.433. The average Bonchev–Trinajstić information content (AvgIpc) is 2.35. The van der Waals surface area contributed by atoms with Crippen LogP contribution in [0.5, 0.6) is 0 Å². The van der Waals surface area contributed by atoms with Gasteiger partial charge in [-0.1, -0.05) is 0 Å². The van der Waals surface area contributed by atoms with Crippen LogP contribution in [0.15, 0.2) is 23.1 Å². The van der Waals surface area contributed by atoms with E-state index in [2.05, 4.69) is 0 Å². The minimum Gasteiger partial charge on any atom is -0.478 e. The van der Waals surface area contributed by atoms with E-state index in [9.17, 15) is 17.6 Å². The molecule has 1 N–H and O–H groups in total. The first kappa shape index (κ1) is 15.9. The molecule has 106 valence electrons. The fourth-order valence-corrected chi connectivity index (χ4v) is 3.33. The number of aromatic carboxylic acids is 1. The van der Waals surface area contributed by atoms with E-state index in [4.69, 9.17) is 5.11 Å². The quantitative estimate of drug-likeness (QED) is 0.862. The first-order valence-electron chi connectivity index (χ1n) is 5.29. The molecule has 0 saturated heterocycles. The molecular formula is C11H14FNO4S2. The number of hydrogen-bond donors (Lipinski definition) is 1. The van der Waals surface area contributed by atoms with Gasteiger partial charge in [-0.3, -0.25) is 0 Å². The van der Waals surface area contributed by atoms with Crippen molar-refractivity contribution in [3.05, 3.63) is 29.6 Å². The molecule has 1 aromatic rings. The summed E-state index contributed by atoms with van der Waals surface area (Å²) >= 11 is 1.46. The molecule has 0 aliphatic heterocycles. The van der Waals surface area contributed by atoms with Crippen molar-refractivity contribution < 1.29 is 22.7 Å². The number of nitrogens with zero attached hydrogens (tertiary/aromatic N) is 1. The molecule has 0 amide bonds. The van der Waals surface area contributed by atoms with Crippen LogP contribution in [-0.2, 0) is 10.0 Å². The van der Waals surface area contributed by atoms with E-state index in [-0.39, 0.29) is 6.54 Å². The molecule has 0 aromatic heterocycles. The van der Waals surface area contributed by atoms with Crippen molar-refractivity contribution in [1.29, 1.82) is 0 Å². The minimum atomic E-state index is -4.01. The van der Waals surface area contributed by atoms with Crippen molar-refractivity contribution in [3.8, 4) is 0 Å². The molecule has 0 spiro atoms. The number of halogens is 1. The second-order valence-corrected chi connectivity index (χ2v) is 6.76. The van der Waals surface area contributed by atoms with Gasteiger partial charge in [0.25, 0.3) is 0 Å². The molecule has 0 radical (unpaired) electrons. The van der Waals surface area contributed by atoms with Gasteiger partial charge in [0.2, 0.25) is 10.0 Å². The minimum absolute atomic E-state index is 0.221. The number of hydrogen-bond acceptors (Lipinski definition) is 4. The predicted octanol–water partition coefficient (Wildman–Crippen LogP) is 1.51. The summed E-state index contributed by atoms with van der Waals surface area (Å²) in [5, 5.41) is 8.97. The van der Waals surface area contributed by atoms with Crippen LogP contribution in [0.25, 0.3) is 0 Å². The highest BCUT2D eigenvalue weighted by atomic mass is 32.2. The van der Waals surface area contributed by atoms with Crippen LogP contribution >= 0.6 is 11.8 Å². The molecule has 1 aromatic carbocycles. The predicted molar refractivity (Wildman–Crippen MR) is 71.6 cm³/mol. The third-order valence-corrected chi connectivity index (χ3v) is 4.96. The van der Waals surface area contributed by atoms with Crippen LogP contribution in [0, 0.1) is 5.82 Å². The van der Waals surface area contributed by atoms with E-state index < -0.39 is 32.3 Å².